The van der Waals surface area contributed by atoms with Crippen LogP contribution in [0.2, 0.25) is 0 Å². The summed E-state index contributed by atoms with van der Waals surface area (Å²) in [6.07, 6.45) is -1.79. The molecule has 0 unspecified atom stereocenters. The maximum absolute atomic E-state index is 14.4. The van der Waals surface area contributed by atoms with Crippen molar-refractivity contribution < 1.29 is 73.2 Å². The number of nitrogens with one attached hydrogen (secondary N) is 11. The monoisotopic (exact) mass is 1180 g/mol. The number of hydrogen-bond donors (Lipinski definition) is 18. The molecule has 0 bridgehead atoms. The number of rotatable bonds is 27. The molecule has 1 aromatic carbocycles. The molecule has 1 saturated heterocycles. The van der Waals surface area contributed by atoms with Gasteiger partial charge in [-0.05, 0) is 90.4 Å². The highest BCUT2D eigenvalue weighted by molar-refractivity contribution is 5.99. The Morgan fingerprint density at radius 3 is 1.55 bits per heavy atom. The second-order valence-electron chi connectivity index (χ2n) is 21.1. The van der Waals surface area contributed by atoms with E-state index in [9.17, 15) is 73.2 Å². The lowest BCUT2D eigenvalue weighted by Crippen LogP contribution is -2.63. The maximum atomic E-state index is 14.4. The second kappa shape index (κ2) is 38.1. The van der Waals surface area contributed by atoms with E-state index in [0.29, 0.717) is 12.0 Å². The van der Waals surface area contributed by atoms with Gasteiger partial charge in [-0.15, -0.1) is 0 Å². The summed E-state index contributed by atoms with van der Waals surface area (Å²) < 4.78 is 0. The Labute approximate surface area is 484 Å². The Hall–Kier alpha value is -6.89. The Morgan fingerprint density at radius 1 is 0.578 bits per heavy atom. The lowest BCUT2D eigenvalue weighted by Gasteiger charge is -2.29. The van der Waals surface area contributed by atoms with Crippen LogP contribution in [0.1, 0.15) is 118 Å². The first-order valence-corrected chi connectivity index (χ1v) is 28.4. The molecular weight excluding hydrogens is 1080 g/mol. The normalized spacial score (nSPS) is 23.2. The van der Waals surface area contributed by atoms with Crippen LogP contribution < -0.4 is 75.7 Å². The smallest absolute Gasteiger partial charge is 0.245 e. The van der Waals surface area contributed by atoms with Crippen molar-refractivity contribution in [3.63, 3.8) is 0 Å². The molecule has 1 heterocycles. The predicted octanol–water partition coefficient (Wildman–Crippen LogP) is -5.82. The van der Waals surface area contributed by atoms with E-state index in [0.717, 1.165) is 32.6 Å². The van der Waals surface area contributed by atoms with Crippen LogP contribution in [0.25, 0.3) is 0 Å². The summed E-state index contributed by atoms with van der Waals surface area (Å²) in [5.41, 5.74) is 18.2. The van der Waals surface area contributed by atoms with E-state index in [1.54, 1.807) is 44.2 Å². The van der Waals surface area contributed by atoms with Crippen LogP contribution in [-0.2, 0) is 59.2 Å². The molecule has 29 heteroatoms. The summed E-state index contributed by atoms with van der Waals surface area (Å²) in [4.78, 5) is 152. The summed E-state index contributed by atoms with van der Waals surface area (Å²) in [7, 11) is 0. The Kier molecular flexibility index (Phi) is 33.1. The van der Waals surface area contributed by atoms with Gasteiger partial charge in [0.05, 0.1) is 24.9 Å². The van der Waals surface area contributed by atoms with Gasteiger partial charge in [0.1, 0.15) is 60.4 Å². The quantitative estimate of drug-likeness (QED) is 0.0365. The van der Waals surface area contributed by atoms with Crippen LogP contribution in [0.5, 0.6) is 0 Å². The van der Waals surface area contributed by atoms with E-state index in [-0.39, 0.29) is 64.1 Å². The summed E-state index contributed by atoms with van der Waals surface area (Å²) in [5, 5.41) is 69.3. The van der Waals surface area contributed by atoms with Gasteiger partial charge in [0.25, 0.3) is 0 Å². The zero-order valence-corrected chi connectivity index (χ0v) is 48.5. The highest BCUT2D eigenvalue weighted by Gasteiger charge is 2.38. The minimum absolute atomic E-state index is 0.0315. The SMILES string of the molecule is CCCCCCCC(=O)N[C@H](C(=O)N[C@H](C(=O)N[C@H](CO)C(=O)N[C@H]1CCNC(=O)[C@H]([C@@H](C)O)NC(=O)[C@H](CCN)NC(=O)[C@H](CCN)NC(=O)[C@H](CC(C)C)NC(=O)[C@H](Cc2ccccc2)NC(=O)[C@H](CCN)NC1=O)[C@@H](C)O)[C@@H](C)O. The van der Waals surface area contributed by atoms with Gasteiger partial charge < -0.3 is 96.1 Å². The molecule has 0 aliphatic carbocycles. The highest BCUT2D eigenvalue weighted by atomic mass is 16.3. The summed E-state index contributed by atoms with van der Waals surface area (Å²) in [6.45, 7) is 6.93. The van der Waals surface area contributed by atoms with Crippen molar-refractivity contribution >= 4 is 65.0 Å². The number of amides is 11. The molecule has 0 spiro atoms. The van der Waals surface area contributed by atoms with Gasteiger partial charge in [-0.3, -0.25) is 52.7 Å². The Balaban J connectivity index is 2.66. The average Bonchev–Trinajstić information content (AvgIpc) is 3.43. The standard InChI is InChI=1S/C54H92N14O15/c1-7-8-9-10-14-17-41(73)66-43(31(5)71)54(83)68-44(32(6)72)53(82)65-40(28-69)51(80)62-37-21-25-58-52(81)42(30(4)70)67-48(77)36(20-24-57)60-45(74)34(18-22-55)61-49(78)38(26-29(2)3)63-50(79)39(27-33-15-12-11-13-16-33)64-46(75)35(19-23-56)59-47(37)76/h11-13,15-16,29-32,34-40,42-44,69-72H,7-10,14,17-28,55-57H2,1-6H3,(H,58,81)(H,59,76)(H,60,74)(H,61,78)(H,62,80)(H,63,79)(H,64,75)(H,65,82)(H,66,73)(H,67,77)(H,68,83)/t30-,31-,32-,34+,35+,36+,37+,38+,39+,40-,42+,43+,44+/m1/s1. The van der Waals surface area contributed by atoms with Crippen molar-refractivity contribution in [2.45, 2.75) is 197 Å². The number of nitrogens with two attached hydrogens (primary N) is 3. The number of aliphatic hydroxyl groups excluding tert-OH is 4. The zero-order valence-electron chi connectivity index (χ0n) is 48.5. The Bertz CT molecular complexity index is 2280. The fourth-order valence-corrected chi connectivity index (χ4v) is 8.72. The highest BCUT2D eigenvalue weighted by Crippen LogP contribution is 2.12. The minimum atomic E-state index is -1.93. The van der Waals surface area contributed by atoms with E-state index >= 15 is 0 Å². The fraction of sp³-hybridized carbons (Fsp3) is 0.685. The number of aliphatic hydroxyl groups is 4. The molecule has 0 saturated carbocycles. The zero-order chi connectivity index (χ0) is 62.3. The molecule has 29 nitrogen and oxygen atoms in total. The molecule has 1 aromatic rings. The third-order valence-electron chi connectivity index (χ3n) is 13.4. The first kappa shape index (κ1) is 72.2. The molecule has 1 fully saturated rings. The number of carbonyl (C=O) groups is 11. The van der Waals surface area contributed by atoms with Gasteiger partial charge in [-0.25, -0.2) is 0 Å². The molecular formula is C54H92N14O15. The van der Waals surface area contributed by atoms with Crippen LogP contribution in [-0.4, -0.2) is 197 Å². The molecule has 11 amide bonds. The Morgan fingerprint density at radius 2 is 1.05 bits per heavy atom. The second-order valence-corrected chi connectivity index (χ2v) is 21.1. The van der Waals surface area contributed by atoms with Crippen molar-refractivity contribution in [2.75, 3.05) is 32.8 Å². The molecule has 83 heavy (non-hydrogen) atoms. The molecule has 0 aromatic heterocycles. The van der Waals surface area contributed by atoms with Crippen LogP contribution in [0.4, 0.5) is 0 Å². The van der Waals surface area contributed by atoms with Crippen molar-refractivity contribution in [3.05, 3.63) is 35.9 Å². The van der Waals surface area contributed by atoms with Crippen LogP contribution in [0.3, 0.4) is 0 Å². The van der Waals surface area contributed by atoms with Crippen LogP contribution in [0, 0.1) is 5.92 Å². The number of unbranched alkanes of at least 4 members (excludes halogenated alkanes) is 4. The lowest BCUT2D eigenvalue weighted by atomic mass is 10.00. The predicted molar refractivity (Wildman–Crippen MR) is 303 cm³/mol. The van der Waals surface area contributed by atoms with E-state index in [1.165, 1.54) is 13.8 Å². The van der Waals surface area contributed by atoms with E-state index < -0.39 is 163 Å². The summed E-state index contributed by atoms with van der Waals surface area (Å²) in [5.74, 6) is -10.9. The molecule has 468 valence electrons. The van der Waals surface area contributed by atoms with Crippen LogP contribution in [0.15, 0.2) is 30.3 Å². The van der Waals surface area contributed by atoms with Gasteiger partial charge in [-0.2, -0.15) is 0 Å². The molecule has 1 aliphatic heterocycles. The molecule has 13 atom stereocenters. The molecule has 21 N–H and O–H groups in total. The van der Waals surface area contributed by atoms with Crippen molar-refractivity contribution in [1.29, 1.82) is 0 Å². The number of carbonyl (C=O) groups excluding carboxylic acids is 11. The van der Waals surface area contributed by atoms with Gasteiger partial charge in [-0.1, -0.05) is 76.8 Å². The molecule has 1 aliphatic rings. The van der Waals surface area contributed by atoms with E-state index in [2.05, 4.69) is 58.5 Å². The summed E-state index contributed by atoms with van der Waals surface area (Å²) >= 11 is 0. The average molecular weight is 1180 g/mol. The minimum Gasteiger partial charge on any atom is -0.394 e. The molecule has 0 radical (unpaired) electrons. The third kappa shape index (κ3) is 25.6. The van der Waals surface area contributed by atoms with Crippen molar-refractivity contribution in [2.24, 2.45) is 23.1 Å². The lowest BCUT2D eigenvalue weighted by molar-refractivity contribution is -0.138. The topological polar surface area (TPSA) is 479 Å². The van der Waals surface area contributed by atoms with E-state index in [4.69, 9.17) is 17.2 Å². The number of hydrogen-bond acceptors (Lipinski definition) is 18. The largest absolute Gasteiger partial charge is 0.394 e. The van der Waals surface area contributed by atoms with Gasteiger partial charge >= 0.3 is 0 Å². The summed E-state index contributed by atoms with van der Waals surface area (Å²) in [6, 6.07) is -7.44. The molecule has 2 rings (SSSR count). The van der Waals surface area contributed by atoms with E-state index in [1.807, 2.05) is 6.92 Å². The van der Waals surface area contributed by atoms with Gasteiger partial charge in [0.2, 0.25) is 65.0 Å². The third-order valence-corrected chi connectivity index (χ3v) is 13.4. The number of benzene rings is 1. The maximum Gasteiger partial charge on any atom is 0.245 e. The first-order chi connectivity index (χ1) is 39.3. The van der Waals surface area contributed by atoms with Crippen molar-refractivity contribution in [1.82, 2.24) is 58.5 Å². The van der Waals surface area contributed by atoms with Gasteiger partial charge in [0, 0.05) is 19.4 Å². The first-order valence-electron chi connectivity index (χ1n) is 28.4. The van der Waals surface area contributed by atoms with Crippen molar-refractivity contribution in [3.8, 4) is 0 Å². The van der Waals surface area contributed by atoms with Crippen LogP contribution >= 0.6 is 0 Å². The fourth-order valence-electron chi connectivity index (χ4n) is 8.72. The van der Waals surface area contributed by atoms with Gasteiger partial charge in [0.15, 0.2) is 0 Å².